The minimum atomic E-state index is 0.782. The van der Waals surface area contributed by atoms with Crippen molar-refractivity contribution in [2.45, 2.75) is 6.92 Å². The van der Waals surface area contributed by atoms with Gasteiger partial charge < -0.3 is 11.1 Å². The largest absolute Gasteiger partial charge is 0.399 e. The zero-order valence-corrected chi connectivity index (χ0v) is 11.2. The Hall–Kier alpha value is -1.23. The number of aryl methyl sites for hydroxylation is 1. The summed E-state index contributed by atoms with van der Waals surface area (Å²) in [6.45, 7) is 2.11. The molecule has 2 rings (SSSR count). The van der Waals surface area contributed by atoms with Gasteiger partial charge in [0.25, 0.3) is 0 Å². The van der Waals surface area contributed by atoms with E-state index in [2.05, 4.69) is 53.0 Å². The molecule has 0 aliphatic heterocycles. The fraction of sp³-hybridized carbons (Fsp3) is 0.0769. The summed E-state index contributed by atoms with van der Waals surface area (Å²) in [4.78, 5) is 0. The molecule has 2 nitrogen and oxygen atoms in total. The molecule has 0 radical (unpaired) electrons. The lowest BCUT2D eigenvalue weighted by Crippen LogP contribution is -1.92. The second-order valence-electron chi connectivity index (χ2n) is 3.71. The van der Waals surface area contributed by atoms with Gasteiger partial charge in [-0.3, -0.25) is 0 Å². The molecule has 0 unspecified atom stereocenters. The van der Waals surface area contributed by atoms with E-state index in [0.29, 0.717) is 0 Å². The zero-order valence-electron chi connectivity index (χ0n) is 9.00. The van der Waals surface area contributed by atoms with Gasteiger partial charge in [0, 0.05) is 20.6 Å². The molecular weight excluding hydrogens is 311 g/mol. The predicted molar refractivity (Wildman–Crippen MR) is 78.0 cm³/mol. The minimum absolute atomic E-state index is 0.782. The van der Waals surface area contributed by atoms with Gasteiger partial charge in [-0.15, -0.1) is 0 Å². The molecule has 0 fully saturated rings. The van der Waals surface area contributed by atoms with Crippen molar-refractivity contribution in [2.75, 3.05) is 11.1 Å². The van der Waals surface area contributed by atoms with E-state index in [1.807, 2.05) is 24.3 Å². The Morgan fingerprint density at radius 1 is 1.00 bits per heavy atom. The number of nitrogens with one attached hydrogen (secondary N) is 1. The summed E-state index contributed by atoms with van der Waals surface area (Å²) in [7, 11) is 0. The Morgan fingerprint density at radius 3 is 2.25 bits per heavy atom. The molecular formula is C13H13IN2. The predicted octanol–water partition coefficient (Wildman–Crippen LogP) is 3.93. The van der Waals surface area contributed by atoms with E-state index in [1.54, 1.807) is 0 Å². The zero-order chi connectivity index (χ0) is 11.5. The summed E-state index contributed by atoms with van der Waals surface area (Å²) >= 11 is 2.33. The molecule has 0 atom stereocenters. The van der Waals surface area contributed by atoms with E-state index in [9.17, 15) is 0 Å². The maximum absolute atomic E-state index is 5.64. The van der Waals surface area contributed by atoms with Gasteiger partial charge in [-0.2, -0.15) is 0 Å². The molecule has 0 saturated heterocycles. The first-order valence-electron chi connectivity index (χ1n) is 5.04. The number of rotatable bonds is 2. The Balaban J connectivity index is 2.20. The first-order chi connectivity index (χ1) is 7.65. The number of hydrogen-bond donors (Lipinski definition) is 2. The molecule has 2 aromatic carbocycles. The van der Waals surface area contributed by atoms with Crippen LogP contribution in [0.5, 0.6) is 0 Å². The first kappa shape index (κ1) is 11.3. The topological polar surface area (TPSA) is 38.0 Å². The molecule has 0 bridgehead atoms. The van der Waals surface area contributed by atoms with Crippen LogP contribution in [0.25, 0.3) is 0 Å². The van der Waals surface area contributed by atoms with Crippen LogP contribution in [-0.2, 0) is 0 Å². The van der Waals surface area contributed by atoms with Crippen LogP contribution in [0.3, 0.4) is 0 Å². The fourth-order valence-electron chi connectivity index (χ4n) is 1.46. The summed E-state index contributed by atoms with van der Waals surface area (Å²) in [5, 5.41) is 3.34. The van der Waals surface area contributed by atoms with Gasteiger partial charge in [-0.05, 0) is 77.5 Å². The summed E-state index contributed by atoms with van der Waals surface area (Å²) in [6.07, 6.45) is 0. The van der Waals surface area contributed by atoms with Gasteiger partial charge in [0.1, 0.15) is 0 Å². The third-order valence-corrected chi connectivity index (χ3v) is 3.57. The highest BCUT2D eigenvalue weighted by molar-refractivity contribution is 14.1. The van der Waals surface area contributed by atoms with Gasteiger partial charge >= 0.3 is 0 Å². The maximum atomic E-state index is 5.64. The number of benzene rings is 2. The molecule has 0 aromatic heterocycles. The van der Waals surface area contributed by atoms with Crippen LogP contribution in [-0.4, -0.2) is 0 Å². The van der Waals surface area contributed by atoms with Gasteiger partial charge in [-0.25, -0.2) is 0 Å². The smallest absolute Gasteiger partial charge is 0.0387 e. The van der Waals surface area contributed by atoms with E-state index < -0.39 is 0 Å². The lowest BCUT2D eigenvalue weighted by Gasteiger charge is -2.08. The van der Waals surface area contributed by atoms with Crippen molar-refractivity contribution in [3.63, 3.8) is 0 Å². The van der Waals surface area contributed by atoms with Crippen molar-refractivity contribution >= 4 is 39.7 Å². The Kier molecular flexibility index (Phi) is 3.33. The van der Waals surface area contributed by atoms with Crippen LogP contribution in [0.2, 0.25) is 0 Å². The maximum Gasteiger partial charge on any atom is 0.0387 e. The van der Waals surface area contributed by atoms with Crippen molar-refractivity contribution in [2.24, 2.45) is 0 Å². The van der Waals surface area contributed by atoms with Crippen LogP contribution in [0.15, 0.2) is 42.5 Å². The highest BCUT2D eigenvalue weighted by Gasteiger charge is 1.97. The summed E-state index contributed by atoms with van der Waals surface area (Å²) in [5.41, 5.74) is 9.85. The molecule has 0 aliphatic rings. The molecule has 0 heterocycles. The van der Waals surface area contributed by atoms with Gasteiger partial charge in [0.2, 0.25) is 0 Å². The van der Waals surface area contributed by atoms with E-state index in [1.165, 1.54) is 9.13 Å². The highest BCUT2D eigenvalue weighted by Crippen LogP contribution is 2.21. The Labute approximate surface area is 109 Å². The lowest BCUT2D eigenvalue weighted by molar-refractivity contribution is 1.41. The van der Waals surface area contributed by atoms with Gasteiger partial charge in [-0.1, -0.05) is 0 Å². The van der Waals surface area contributed by atoms with Gasteiger partial charge in [0.15, 0.2) is 0 Å². The number of anilines is 3. The summed E-state index contributed by atoms with van der Waals surface area (Å²) in [5.74, 6) is 0. The third kappa shape index (κ3) is 2.66. The molecule has 3 N–H and O–H groups in total. The van der Waals surface area contributed by atoms with Crippen molar-refractivity contribution in [1.29, 1.82) is 0 Å². The summed E-state index contributed by atoms with van der Waals surface area (Å²) in [6, 6.07) is 14.0. The fourth-order valence-corrected chi connectivity index (χ4v) is 1.79. The second kappa shape index (κ2) is 4.74. The third-order valence-electron chi connectivity index (χ3n) is 2.36. The van der Waals surface area contributed by atoms with Crippen LogP contribution >= 0.6 is 22.6 Å². The van der Waals surface area contributed by atoms with Crippen LogP contribution in [0.4, 0.5) is 17.1 Å². The number of nitrogens with two attached hydrogens (primary N) is 1. The van der Waals surface area contributed by atoms with E-state index >= 15 is 0 Å². The molecule has 2 aromatic rings. The first-order valence-corrected chi connectivity index (χ1v) is 6.12. The number of nitrogen functional groups attached to an aromatic ring is 1. The summed E-state index contributed by atoms with van der Waals surface area (Å²) < 4.78 is 1.28. The monoisotopic (exact) mass is 324 g/mol. The van der Waals surface area contributed by atoms with Crippen LogP contribution in [0.1, 0.15) is 5.56 Å². The molecule has 3 heteroatoms. The normalized spacial score (nSPS) is 10.1. The highest BCUT2D eigenvalue weighted by atomic mass is 127. The van der Waals surface area contributed by atoms with Crippen molar-refractivity contribution < 1.29 is 0 Å². The van der Waals surface area contributed by atoms with Crippen LogP contribution in [0, 0.1) is 10.5 Å². The minimum Gasteiger partial charge on any atom is -0.399 e. The van der Waals surface area contributed by atoms with Crippen molar-refractivity contribution in [3.05, 3.63) is 51.6 Å². The molecule has 0 aliphatic carbocycles. The molecule has 0 amide bonds. The molecule has 82 valence electrons. The number of hydrogen-bond acceptors (Lipinski definition) is 2. The van der Waals surface area contributed by atoms with Gasteiger partial charge in [0.05, 0.1) is 0 Å². The SMILES string of the molecule is Cc1cc(Nc2ccc(N)cc2)ccc1I. The molecule has 0 saturated carbocycles. The average molecular weight is 324 g/mol. The quantitative estimate of drug-likeness (QED) is 0.649. The lowest BCUT2D eigenvalue weighted by atomic mass is 10.2. The Bertz CT molecular complexity index is 492. The number of halogens is 1. The molecule has 16 heavy (non-hydrogen) atoms. The van der Waals surface area contributed by atoms with Crippen molar-refractivity contribution in [1.82, 2.24) is 0 Å². The Morgan fingerprint density at radius 2 is 1.62 bits per heavy atom. The van der Waals surface area contributed by atoms with E-state index in [4.69, 9.17) is 5.73 Å². The second-order valence-corrected chi connectivity index (χ2v) is 4.87. The van der Waals surface area contributed by atoms with E-state index in [-0.39, 0.29) is 0 Å². The average Bonchev–Trinajstić information content (AvgIpc) is 2.27. The van der Waals surface area contributed by atoms with E-state index in [0.717, 1.165) is 17.1 Å². The standard InChI is InChI=1S/C13H13IN2/c1-9-8-12(6-7-13(9)14)16-11-4-2-10(15)3-5-11/h2-8,16H,15H2,1H3. The van der Waals surface area contributed by atoms with Crippen molar-refractivity contribution in [3.8, 4) is 0 Å². The van der Waals surface area contributed by atoms with Crippen LogP contribution < -0.4 is 11.1 Å². The molecule has 0 spiro atoms.